The summed E-state index contributed by atoms with van der Waals surface area (Å²) in [6.45, 7) is 3.53. The number of aromatic hydroxyl groups is 1. The highest BCUT2D eigenvalue weighted by Gasteiger charge is 2.13. The molecular formula is C12H11NO4. The summed E-state index contributed by atoms with van der Waals surface area (Å²) < 4.78 is 4.95. The van der Waals surface area contributed by atoms with Crippen molar-refractivity contribution in [1.82, 2.24) is 5.16 Å². The van der Waals surface area contributed by atoms with E-state index in [-0.39, 0.29) is 11.4 Å². The summed E-state index contributed by atoms with van der Waals surface area (Å²) in [6.07, 6.45) is 0. The van der Waals surface area contributed by atoms with E-state index in [1.807, 2.05) is 0 Å². The highest BCUT2D eigenvalue weighted by atomic mass is 16.5. The van der Waals surface area contributed by atoms with Gasteiger partial charge in [0.15, 0.2) is 11.5 Å². The van der Waals surface area contributed by atoms with Gasteiger partial charge < -0.3 is 14.7 Å². The van der Waals surface area contributed by atoms with Crippen LogP contribution in [0, 0.1) is 13.8 Å². The number of hydrogen-bond acceptors (Lipinski definition) is 4. The van der Waals surface area contributed by atoms with Crippen molar-refractivity contribution >= 4 is 5.97 Å². The summed E-state index contributed by atoms with van der Waals surface area (Å²) in [5.41, 5.74) is 1.96. The number of carboxylic acids is 1. The third-order valence-corrected chi connectivity index (χ3v) is 2.50. The number of carboxylic acid groups (broad SMARTS) is 1. The highest BCUT2D eigenvalue weighted by Crippen LogP contribution is 2.29. The van der Waals surface area contributed by atoms with E-state index in [1.54, 1.807) is 26.0 Å². The van der Waals surface area contributed by atoms with E-state index in [1.165, 1.54) is 6.07 Å². The first-order valence-corrected chi connectivity index (χ1v) is 4.99. The van der Waals surface area contributed by atoms with Gasteiger partial charge in [-0.25, -0.2) is 4.79 Å². The summed E-state index contributed by atoms with van der Waals surface area (Å²) >= 11 is 0. The predicted octanol–water partition coefficient (Wildman–Crippen LogP) is 2.36. The van der Waals surface area contributed by atoms with Crippen molar-refractivity contribution in [1.29, 1.82) is 0 Å². The van der Waals surface area contributed by atoms with Crippen molar-refractivity contribution in [3.63, 3.8) is 0 Å². The van der Waals surface area contributed by atoms with Gasteiger partial charge in [-0.3, -0.25) is 0 Å². The number of hydrogen-bond donors (Lipinski definition) is 2. The first-order chi connectivity index (χ1) is 7.99. The summed E-state index contributed by atoms with van der Waals surface area (Å²) in [6, 6.07) is 4.79. The SMILES string of the molecule is Cc1cc(-c2cc(C(=O)O)no2)cc(C)c1O. The largest absolute Gasteiger partial charge is 0.507 e. The lowest BCUT2D eigenvalue weighted by Crippen LogP contribution is -1.94. The second-order valence-electron chi connectivity index (χ2n) is 3.84. The molecule has 0 bridgehead atoms. The highest BCUT2D eigenvalue weighted by molar-refractivity contribution is 5.86. The Morgan fingerprint density at radius 2 is 1.82 bits per heavy atom. The molecule has 1 aromatic heterocycles. The summed E-state index contributed by atoms with van der Waals surface area (Å²) in [5.74, 6) is -0.535. The van der Waals surface area contributed by atoms with Crippen molar-refractivity contribution in [3.8, 4) is 17.1 Å². The molecule has 2 N–H and O–H groups in total. The lowest BCUT2D eigenvalue weighted by atomic mass is 10.0. The number of aromatic carboxylic acids is 1. The Hall–Kier alpha value is -2.30. The zero-order valence-electron chi connectivity index (χ0n) is 9.39. The van der Waals surface area contributed by atoms with Crippen LogP contribution in [0.4, 0.5) is 0 Å². The van der Waals surface area contributed by atoms with E-state index in [0.29, 0.717) is 22.5 Å². The molecule has 0 atom stereocenters. The minimum Gasteiger partial charge on any atom is -0.507 e. The molecule has 1 heterocycles. The number of aromatic nitrogens is 1. The molecule has 0 fully saturated rings. The number of benzene rings is 1. The Kier molecular flexibility index (Phi) is 2.59. The minimum absolute atomic E-state index is 0.136. The molecule has 0 aliphatic heterocycles. The predicted molar refractivity (Wildman–Crippen MR) is 60.0 cm³/mol. The van der Waals surface area contributed by atoms with Crippen LogP contribution in [-0.4, -0.2) is 21.3 Å². The van der Waals surface area contributed by atoms with Gasteiger partial charge in [-0.1, -0.05) is 5.16 Å². The van der Waals surface area contributed by atoms with Gasteiger partial charge in [0.1, 0.15) is 5.75 Å². The number of phenols is 1. The average molecular weight is 233 g/mol. The molecule has 2 rings (SSSR count). The summed E-state index contributed by atoms with van der Waals surface area (Å²) in [4.78, 5) is 10.7. The normalized spacial score (nSPS) is 10.5. The lowest BCUT2D eigenvalue weighted by molar-refractivity contribution is 0.0686. The first kappa shape index (κ1) is 11.2. The maximum Gasteiger partial charge on any atom is 0.358 e. The molecule has 88 valence electrons. The van der Waals surface area contributed by atoms with Crippen LogP contribution >= 0.6 is 0 Å². The Labute approximate surface area is 97.3 Å². The topological polar surface area (TPSA) is 83.6 Å². The molecule has 17 heavy (non-hydrogen) atoms. The molecule has 0 saturated heterocycles. The Morgan fingerprint density at radius 1 is 1.24 bits per heavy atom. The second-order valence-corrected chi connectivity index (χ2v) is 3.84. The van der Waals surface area contributed by atoms with Gasteiger partial charge in [0.2, 0.25) is 0 Å². The van der Waals surface area contributed by atoms with Gasteiger partial charge in [-0.15, -0.1) is 0 Å². The quantitative estimate of drug-likeness (QED) is 0.831. The van der Waals surface area contributed by atoms with Crippen molar-refractivity contribution in [2.75, 3.05) is 0 Å². The molecule has 0 unspecified atom stereocenters. The molecule has 1 aromatic carbocycles. The third-order valence-electron chi connectivity index (χ3n) is 2.50. The molecule has 5 nitrogen and oxygen atoms in total. The summed E-state index contributed by atoms with van der Waals surface area (Å²) in [5, 5.41) is 21.8. The van der Waals surface area contributed by atoms with Crippen LogP contribution in [0.3, 0.4) is 0 Å². The molecule has 0 saturated carbocycles. The maximum absolute atomic E-state index is 10.7. The van der Waals surface area contributed by atoms with E-state index in [2.05, 4.69) is 5.16 Å². The van der Waals surface area contributed by atoms with Crippen LogP contribution < -0.4 is 0 Å². The molecule has 0 radical (unpaired) electrons. The van der Waals surface area contributed by atoms with Crippen LogP contribution in [0.1, 0.15) is 21.6 Å². The van der Waals surface area contributed by atoms with Crippen LogP contribution in [0.5, 0.6) is 5.75 Å². The first-order valence-electron chi connectivity index (χ1n) is 4.99. The summed E-state index contributed by atoms with van der Waals surface area (Å²) in [7, 11) is 0. The zero-order chi connectivity index (χ0) is 12.6. The van der Waals surface area contributed by atoms with Crippen molar-refractivity contribution < 1.29 is 19.5 Å². The van der Waals surface area contributed by atoms with Crippen molar-refractivity contribution in [2.24, 2.45) is 0 Å². The number of nitrogens with zero attached hydrogens (tertiary/aromatic N) is 1. The molecule has 0 aliphatic rings. The van der Waals surface area contributed by atoms with Gasteiger partial charge in [-0.2, -0.15) is 0 Å². The number of aryl methyl sites for hydroxylation is 2. The Bertz CT molecular complexity index is 563. The van der Waals surface area contributed by atoms with E-state index >= 15 is 0 Å². The fourth-order valence-electron chi connectivity index (χ4n) is 1.61. The van der Waals surface area contributed by atoms with Gasteiger partial charge >= 0.3 is 5.97 Å². The Morgan fingerprint density at radius 3 is 2.29 bits per heavy atom. The van der Waals surface area contributed by atoms with E-state index < -0.39 is 5.97 Å². The van der Waals surface area contributed by atoms with Gasteiger partial charge in [0.05, 0.1) is 0 Å². The maximum atomic E-state index is 10.7. The molecule has 5 heteroatoms. The van der Waals surface area contributed by atoms with Crippen LogP contribution in [0.25, 0.3) is 11.3 Å². The van der Waals surface area contributed by atoms with Crippen molar-refractivity contribution in [3.05, 3.63) is 35.0 Å². The van der Waals surface area contributed by atoms with E-state index in [4.69, 9.17) is 9.63 Å². The van der Waals surface area contributed by atoms with Gasteiger partial charge in [0, 0.05) is 11.6 Å². The van der Waals surface area contributed by atoms with E-state index in [9.17, 15) is 9.90 Å². The van der Waals surface area contributed by atoms with Crippen LogP contribution in [0.2, 0.25) is 0 Å². The van der Waals surface area contributed by atoms with Gasteiger partial charge in [0.25, 0.3) is 0 Å². The fraction of sp³-hybridized carbons (Fsp3) is 0.167. The number of rotatable bonds is 2. The second kappa shape index (κ2) is 3.93. The molecule has 0 aliphatic carbocycles. The fourth-order valence-corrected chi connectivity index (χ4v) is 1.61. The van der Waals surface area contributed by atoms with Crippen LogP contribution in [0.15, 0.2) is 22.7 Å². The smallest absolute Gasteiger partial charge is 0.358 e. The molecule has 0 amide bonds. The minimum atomic E-state index is -1.13. The monoisotopic (exact) mass is 233 g/mol. The van der Waals surface area contributed by atoms with E-state index in [0.717, 1.165) is 0 Å². The molecular weight excluding hydrogens is 222 g/mol. The molecule has 2 aromatic rings. The third kappa shape index (κ3) is 1.99. The molecule has 0 spiro atoms. The van der Waals surface area contributed by atoms with Crippen molar-refractivity contribution in [2.45, 2.75) is 13.8 Å². The number of phenolic OH excluding ortho intramolecular Hbond substituents is 1. The lowest BCUT2D eigenvalue weighted by Gasteiger charge is -2.04. The van der Waals surface area contributed by atoms with Gasteiger partial charge in [-0.05, 0) is 37.1 Å². The standard InChI is InChI=1S/C12H11NO4/c1-6-3-8(4-7(2)11(6)14)10-5-9(12(15)16)13-17-10/h3-5,14H,1-2H3,(H,15,16). The van der Waals surface area contributed by atoms with Crippen LogP contribution in [-0.2, 0) is 0 Å². The number of carbonyl (C=O) groups is 1. The Balaban J connectivity index is 2.49. The average Bonchev–Trinajstić information content (AvgIpc) is 2.74. The zero-order valence-corrected chi connectivity index (χ0v) is 9.39.